The van der Waals surface area contributed by atoms with Crippen LogP contribution in [0.4, 0.5) is 4.79 Å². The van der Waals surface area contributed by atoms with Crippen molar-refractivity contribution in [2.75, 3.05) is 7.05 Å². The third kappa shape index (κ3) is 5.80. The smallest absolute Gasteiger partial charge is 0.407 e. The molecule has 0 aromatic heterocycles. The van der Waals surface area contributed by atoms with Gasteiger partial charge < -0.3 is 15.4 Å². The highest BCUT2D eigenvalue weighted by Crippen LogP contribution is 2.06. The normalized spacial score (nSPS) is 15.9. The van der Waals surface area contributed by atoms with Crippen LogP contribution in [-0.2, 0) is 4.74 Å². The van der Waals surface area contributed by atoms with Crippen molar-refractivity contribution in [1.82, 2.24) is 10.6 Å². The van der Waals surface area contributed by atoms with E-state index in [2.05, 4.69) is 10.6 Å². The van der Waals surface area contributed by atoms with Gasteiger partial charge in [0, 0.05) is 12.1 Å². The number of nitrogens with one attached hydrogen (secondary N) is 2. The van der Waals surface area contributed by atoms with Gasteiger partial charge in [-0.25, -0.2) is 4.79 Å². The number of alkyl carbamates (subject to hydrolysis) is 1. The van der Waals surface area contributed by atoms with Crippen molar-refractivity contribution in [3.05, 3.63) is 0 Å². The lowest BCUT2D eigenvalue weighted by molar-refractivity contribution is 0.0500. The van der Waals surface area contributed by atoms with Crippen LogP contribution in [0.15, 0.2) is 0 Å². The maximum absolute atomic E-state index is 11.3. The summed E-state index contributed by atoms with van der Waals surface area (Å²) in [7, 11) is 1.86. The summed E-state index contributed by atoms with van der Waals surface area (Å²) in [5.41, 5.74) is -0.438. The van der Waals surface area contributed by atoms with Gasteiger partial charge in [0.15, 0.2) is 0 Å². The summed E-state index contributed by atoms with van der Waals surface area (Å²) in [6, 6.07) is 0.275. The zero-order valence-electron chi connectivity index (χ0n) is 9.97. The fourth-order valence-corrected chi connectivity index (χ4v) is 0.868. The molecule has 4 heteroatoms. The van der Waals surface area contributed by atoms with Crippen LogP contribution in [0.3, 0.4) is 0 Å². The maximum atomic E-state index is 11.3. The summed E-state index contributed by atoms with van der Waals surface area (Å²) in [5, 5.41) is 5.83. The summed E-state index contributed by atoms with van der Waals surface area (Å²) < 4.78 is 5.13. The lowest BCUT2D eigenvalue weighted by atomic mass is 10.2. The Bertz CT molecular complexity index is 187. The molecule has 0 aliphatic heterocycles. The van der Waals surface area contributed by atoms with Crippen LogP contribution < -0.4 is 10.6 Å². The molecule has 0 heterocycles. The van der Waals surface area contributed by atoms with Gasteiger partial charge in [0.2, 0.25) is 0 Å². The summed E-state index contributed by atoms with van der Waals surface area (Å²) >= 11 is 0. The minimum atomic E-state index is -0.438. The average molecular weight is 202 g/mol. The largest absolute Gasteiger partial charge is 0.444 e. The zero-order chi connectivity index (χ0) is 11.4. The van der Waals surface area contributed by atoms with E-state index in [-0.39, 0.29) is 18.2 Å². The van der Waals surface area contributed by atoms with Crippen LogP contribution in [-0.4, -0.2) is 30.8 Å². The Morgan fingerprint density at radius 1 is 1.21 bits per heavy atom. The van der Waals surface area contributed by atoms with Crippen LogP contribution in [0, 0.1) is 0 Å². The monoisotopic (exact) mass is 202 g/mol. The third-order valence-corrected chi connectivity index (χ3v) is 1.95. The second-order valence-corrected chi connectivity index (χ2v) is 4.51. The lowest BCUT2D eigenvalue weighted by Crippen LogP contribution is -2.47. The molecule has 0 saturated heterocycles. The van der Waals surface area contributed by atoms with Gasteiger partial charge in [-0.2, -0.15) is 0 Å². The van der Waals surface area contributed by atoms with Gasteiger partial charge >= 0.3 is 6.09 Å². The van der Waals surface area contributed by atoms with E-state index in [4.69, 9.17) is 4.74 Å². The van der Waals surface area contributed by atoms with Crippen molar-refractivity contribution in [1.29, 1.82) is 0 Å². The van der Waals surface area contributed by atoms with Crippen LogP contribution in [0.25, 0.3) is 0 Å². The SMILES string of the molecule is CN[C@H](C)[C@H](C)NC(=O)OC(C)(C)C. The number of rotatable bonds is 3. The Hall–Kier alpha value is -0.770. The Morgan fingerprint density at radius 3 is 2.07 bits per heavy atom. The highest BCUT2D eigenvalue weighted by Gasteiger charge is 2.19. The van der Waals surface area contributed by atoms with Gasteiger partial charge in [-0.05, 0) is 41.7 Å². The standard InChI is InChI=1S/C10H22N2O2/c1-7(11-6)8(2)12-9(13)14-10(3,4)5/h7-8,11H,1-6H3,(H,12,13)/t7-,8+/m1/s1. The van der Waals surface area contributed by atoms with E-state index in [1.807, 2.05) is 41.7 Å². The topological polar surface area (TPSA) is 50.4 Å². The Balaban J connectivity index is 3.95. The van der Waals surface area contributed by atoms with Crippen molar-refractivity contribution in [2.24, 2.45) is 0 Å². The summed E-state index contributed by atoms with van der Waals surface area (Å²) in [6.07, 6.45) is -0.368. The molecule has 0 unspecified atom stereocenters. The molecule has 0 aliphatic carbocycles. The number of carbonyl (C=O) groups is 1. The zero-order valence-corrected chi connectivity index (χ0v) is 9.97. The van der Waals surface area contributed by atoms with E-state index in [0.717, 1.165) is 0 Å². The summed E-state index contributed by atoms with van der Waals surface area (Å²) in [6.45, 7) is 9.48. The van der Waals surface area contributed by atoms with Gasteiger partial charge in [-0.3, -0.25) is 0 Å². The van der Waals surface area contributed by atoms with Crippen molar-refractivity contribution in [2.45, 2.75) is 52.3 Å². The first-order chi connectivity index (χ1) is 6.26. The number of amides is 1. The van der Waals surface area contributed by atoms with Crippen LogP contribution in [0.5, 0.6) is 0 Å². The van der Waals surface area contributed by atoms with Crippen LogP contribution in [0.1, 0.15) is 34.6 Å². The predicted octanol–water partition coefficient (Wildman–Crippen LogP) is 1.51. The molecule has 4 nitrogen and oxygen atoms in total. The van der Waals surface area contributed by atoms with E-state index >= 15 is 0 Å². The minimum absolute atomic E-state index is 0.0508. The molecule has 0 aromatic carbocycles. The van der Waals surface area contributed by atoms with E-state index in [0.29, 0.717) is 0 Å². The fraction of sp³-hybridized carbons (Fsp3) is 0.900. The molecule has 0 saturated carbocycles. The summed E-state index contributed by atoms with van der Waals surface area (Å²) in [4.78, 5) is 11.3. The Labute approximate surface area is 86.4 Å². The first kappa shape index (κ1) is 13.2. The predicted molar refractivity (Wildman–Crippen MR) is 57.4 cm³/mol. The molecule has 2 N–H and O–H groups in total. The first-order valence-electron chi connectivity index (χ1n) is 4.93. The van der Waals surface area contributed by atoms with Crippen LogP contribution in [0.2, 0.25) is 0 Å². The lowest BCUT2D eigenvalue weighted by Gasteiger charge is -2.24. The number of likely N-dealkylation sites (N-methyl/N-ethyl adjacent to an activating group) is 1. The molecule has 84 valence electrons. The van der Waals surface area contributed by atoms with Gasteiger partial charge in [-0.15, -0.1) is 0 Å². The molecule has 1 amide bonds. The molecule has 0 bridgehead atoms. The molecule has 0 spiro atoms. The number of ether oxygens (including phenoxy) is 1. The molecule has 0 rings (SSSR count). The van der Waals surface area contributed by atoms with Crippen molar-refractivity contribution in [3.63, 3.8) is 0 Å². The molecule has 0 aliphatic rings. The van der Waals surface area contributed by atoms with Gasteiger partial charge in [0.25, 0.3) is 0 Å². The van der Waals surface area contributed by atoms with Crippen molar-refractivity contribution in [3.8, 4) is 0 Å². The molecule has 14 heavy (non-hydrogen) atoms. The van der Waals surface area contributed by atoms with E-state index in [1.54, 1.807) is 0 Å². The molecule has 0 fully saturated rings. The van der Waals surface area contributed by atoms with Gasteiger partial charge in [0.05, 0.1) is 0 Å². The quantitative estimate of drug-likeness (QED) is 0.729. The first-order valence-corrected chi connectivity index (χ1v) is 4.93. The highest BCUT2D eigenvalue weighted by atomic mass is 16.6. The fourth-order valence-electron chi connectivity index (χ4n) is 0.868. The molecular formula is C10H22N2O2. The van der Waals surface area contributed by atoms with E-state index in [9.17, 15) is 4.79 Å². The van der Waals surface area contributed by atoms with E-state index < -0.39 is 5.60 Å². The second kappa shape index (κ2) is 5.20. The van der Waals surface area contributed by atoms with Crippen molar-refractivity contribution >= 4 is 6.09 Å². The number of carbonyl (C=O) groups excluding carboxylic acids is 1. The molecular weight excluding hydrogens is 180 g/mol. The molecule has 0 radical (unpaired) electrons. The van der Waals surface area contributed by atoms with Crippen LogP contribution >= 0.6 is 0 Å². The second-order valence-electron chi connectivity index (χ2n) is 4.51. The summed E-state index contributed by atoms with van der Waals surface area (Å²) in [5.74, 6) is 0. The number of hydrogen-bond acceptors (Lipinski definition) is 3. The molecule has 2 atom stereocenters. The van der Waals surface area contributed by atoms with E-state index in [1.165, 1.54) is 0 Å². The minimum Gasteiger partial charge on any atom is -0.444 e. The highest BCUT2D eigenvalue weighted by molar-refractivity contribution is 5.68. The Morgan fingerprint density at radius 2 is 1.71 bits per heavy atom. The number of hydrogen-bond donors (Lipinski definition) is 2. The third-order valence-electron chi connectivity index (χ3n) is 1.95. The van der Waals surface area contributed by atoms with Crippen molar-refractivity contribution < 1.29 is 9.53 Å². The Kier molecular flexibility index (Phi) is 4.91. The van der Waals surface area contributed by atoms with Gasteiger partial charge in [0.1, 0.15) is 5.60 Å². The van der Waals surface area contributed by atoms with Gasteiger partial charge in [-0.1, -0.05) is 0 Å². The molecule has 0 aromatic rings. The maximum Gasteiger partial charge on any atom is 0.407 e. The average Bonchev–Trinajstić information content (AvgIpc) is 1.99.